The van der Waals surface area contributed by atoms with Crippen LogP contribution in [0.3, 0.4) is 0 Å². The molecule has 0 aromatic carbocycles. The zero-order valence-corrected chi connectivity index (χ0v) is 14.2. The number of anilines is 1. The number of carbonyl (C=O) groups is 1. The third-order valence-corrected chi connectivity index (χ3v) is 4.82. The Bertz CT molecular complexity index is 809. The number of carbonyl (C=O) groups excluding carboxylic acids is 1. The molecule has 0 fully saturated rings. The van der Waals surface area contributed by atoms with E-state index < -0.39 is 0 Å². The Balaban J connectivity index is 1.73. The Morgan fingerprint density at radius 1 is 1.45 bits per heavy atom. The summed E-state index contributed by atoms with van der Waals surface area (Å²) in [5.74, 6) is 0.531. The second-order valence-electron chi connectivity index (χ2n) is 4.61. The van der Waals surface area contributed by atoms with Crippen molar-refractivity contribution in [3.05, 3.63) is 45.0 Å². The van der Waals surface area contributed by atoms with Crippen LogP contribution in [0.4, 0.5) is 5.13 Å². The lowest BCUT2D eigenvalue weighted by atomic mass is 10.4. The highest BCUT2D eigenvalue weighted by atomic mass is 79.9. The number of aromatic nitrogens is 4. The number of hydrogen-bond acceptors (Lipinski definition) is 6. The molecule has 0 unspecified atom stereocenters. The number of aryl methyl sites for hydroxylation is 1. The van der Waals surface area contributed by atoms with E-state index in [4.69, 9.17) is 4.42 Å². The van der Waals surface area contributed by atoms with E-state index in [0.717, 1.165) is 15.9 Å². The van der Waals surface area contributed by atoms with Crippen LogP contribution >= 0.6 is 27.3 Å². The van der Waals surface area contributed by atoms with E-state index in [0.29, 0.717) is 17.4 Å². The van der Waals surface area contributed by atoms with Gasteiger partial charge in [-0.1, -0.05) is 11.3 Å². The molecule has 1 N–H and O–H groups in total. The molecule has 114 valence electrons. The summed E-state index contributed by atoms with van der Waals surface area (Å²) in [4.78, 5) is 12.0. The number of nitrogens with zero attached hydrogens (tertiary/aromatic N) is 4. The molecule has 0 atom stereocenters. The van der Waals surface area contributed by atoms with E-state index in [1.807, 2.05) is 18.5 Å². The topological polar surface area (TPSA) is 85.8 Å². The van der Waals surface area contributed by atoms with Gasteiger partial charge in [-0.15, -0.1) is 10.2 Å². The lowest BCUT2D eigenvalue weighted by molar-refractivity contribution is 0.0994. The second-order valence-corrected chi connectivity index (χ2v) is 6.23. The number of amides is 1. The SMILES string of the molecule is Cc1nn(Cc2ccc(C(=O)Nc3nncs3)o2)c(C)c1Br. The van der Waals surface area contributed by atoms with Crippen LogP contribution in [-0.4, -0.2) is 25.9 Å². The van der Waals surface area contributed by atoms with Crippen molar-refractivity contribution >= 4 is 38.3 Å². The van der Waals surface area contributed by atoms with E-state index in [2.05, 4.69) is 36.5 Å². The minimum absolute atomic E-state index is 0.228. The van der Waals surface area contributed by atoms with E-state index in [1.54, 1.807) is 17.6 Å². The van der Waals surface area contributed by atoms with Crippen molar-refractivity contribution in [3.8, 4) is 0 Å². The van der Waals surface area contributed by atoms with Crippen molar-refractivity contribution in [2.24, 2.45) is 0 Å². The predicted molar refractivity (Wildman–Crippen MR) is 85.1 cm³/mol. The fraction of sp³-hybridized carbons (Fsp3) is 0.231. The summed E-state index contributed by atoms with van der Waals surface area (Å²) >= 11 is 4.73. The molecular formula is C13H12BrN5O2S. The fourth-order valence-electron chi connectivity index (χ4n) is 1.95. The Labute approximate surface area is 138 Å². The standard InChI is InChI=1S/C13H12BrN5O2S/c1-7-11(14)8(2)19(18-7)5-9-3-4-10(21-9)12(20)16-13-17-15-6-22-13/h3-4,6H,5H2,1-2H3,(H,16,17,20). The molecule has 1 amide bonds. The molecule has 9 heteroatoms. The van der Waals surface area contributed by atoms with Crippen molar-refractivity contribution in [1.82, 2.24) is 20.0 Å². The predicted octanol–water partition coefficient (Wildman–Crippen LogP) is 3.01. The van der Waals surface area contributed by atoms with Crippen LogP contribution in [0, 0.1) is 13.8 Å². The molecule has 3 heterocycles. The molecule has 22 heavy (non-hydrogen) atoms. The van der Waals surface area contributed by atoms with Gasteiger partial charge in [-0.3, -0.25) is 14.8 Å². The summed E-state index contributed by atoms with van der Waals surface area (Å²) in [6, 6.07) is 3.39. The molecule has 0 spiro atoms. The fourth-order valence-corrected chi connectivity index (χ4v) is 2.67. The lowest BCUT2D eigenvalue weighted by Gasteiger charge is -2.01. The summed E-state index contributed by atoms with van der Waals surface area (Å²) in [5.41, 5.74) is 3.47. The quantitative estimate of drug-likeness (QED) is 0.750. The molecule has 7 nitrogen and oxygen atoms in total. The highest BCUT2D eigenvalue weighted by Crippen LogP contribution is 2.21. The van der Waals surface area contributed by atoms with Gasteiger partial charge in [-0.05, 0) is 41.9 Å². The van der Waals surface area contributed by atoms with Crippen LogP contribution in [0.5, 0.6) is 0 Å². The normalized spacial score (nSPS) is 10.9. The van der Waals surface area contributed by atoms with Crippen molar-refractivity contribution < 1.29 is 9.21 Å². The molecule has 3 aromatic rings. The first-order valence-electron chi connectivity index (χ1n) is 6.40. The van der Waals surface area contributed by atoms with Crippen molar-refractivity contribution in [1.29, 1.82) is 0 Å². The molecule has 0 radical (unpaired) electrons. The molecule has 0 aliphatic rings. The Morgan fingerprint density at radius 3 is 2.91 bits per heavy atom. The monoisotopic (exact) mass is 381 g/mol. The van der Waals surface area contributed by atoms with E-state index in [-0.39, 0.29) is 11.7 Å². The van der Waals surface area contributed by atoms with E-state index in [9.17, 15) is 4.79 Å². The van der Waals surface area contributed by atoms with Gasteiger partial charge in [-0.25, -0.2) is 0 Å². The van der Waals surface area contributed by atoms with Gasteiger partial charge < -0.3 is 4.42 Å². The highest BCUT2D eigenvalue weighted by molar-refractivity contribution is 9.10. The van der Waals surface area contributed by atoms with Gasteiger partial charge in [-0.2, -0.15) is 5.10 Å². The second kappa shape index (κ2) is 6.01. The maximum Gasteiger partial charge on any atom is 0.293 e. The summed E-state index contributed by atoms with van der Waals surface area (Å²) in [7, 11) is 0. The molecule has 0 aliphatic carbocycles. The molecule has 0 aliphatic heterocycles. The van der Waals surface area contributed by atoms with Crippen LogP contribution in [0.25, 0.3) is 0 Å². The van der Waals surface area contributed by atoms with Gasteiger partial charge in [0.1, 0.15) is 11.3 Å². The number of rotatable bonds is 4. The maximum absolute atomic E-state index is 12.0. The first-order valence-corrected chi connectivity index (χ1v) is 8.07. The van der Waals surface area contributed by atoms with Gasteiger partial charge >= 0.3 is 0 Å². The van der Waals surface area contributed by atoms with Crippen LogP contribution in [0.15, 0.2) is 26.5 Å². The maximum atomic E-state index is 12.0. The molecule has 3 aromatic heterocycles. The Kier molecular flexibility index (Phi) is 4.08. The van der Waals surface area contributed by atoms with Gasteiger partial charge in [0, 0.05) is 0 Å². The molecule has 0 saturated carbocycles. The van der Waals surface area contributed by atoms with Crippen LogP contribution < -0.4 is 5.32 Å². The molecule has 0 saturated heterocycles. The zero-order valence-electron chi connectivity index (χ0n) is 11.8. The minimum Gasteiger partial charge on any atom is -0.454 e. The lowest BCUT2D eigenvalue weighted by Crippen LogP contribution is -2.10. The average molecular weight is 382 g/mol. The summed E-state index contributed by atoms with van der Waals surface area (Å²) in [6.45, 7) is 4.36. The zero-order chi connectivity index (χ0) is 15.7. The van der Waals surface area contributed by atoms with Crippen LogP contribution in [-0.2, 0) is 6.54 Å². The van der Waals surface area contributed by atoms with Crippen molar-refractivity contribution in [3.63, 3.8) is 0 Å². The van der Waals surface area contributed by atoms with Crippen molar-refractivity contribution in [2.75, 3.05) is 5.32 Å². The third kappa shape index (κ3) is 2.95. The number of nitrogens with one attached hydrogen (secondary N) is 1. The Hall–Kier alpha value is -2.00. The largest absolute Gasteiger partial charge is 0.454 e. The van der Waals surface area contributed by atoms with Crippen molar-refractivity contribution in [2.45, 2.75) is 20.4 Å². The van der Waals surface area contributed by atoms with E-state index >= 15 is 0 Å². The van der Waals surface area contributed by atoms with Gasteiger partial charge in [0.05, 0.1) is 22.4 Å². The smallest absolute Gasteiger partial charge is 0.293 e. The summed E-state index contributed by atoms with van der Waals surface area (Å²) < 4.78 is 8.37. The summed E-state index contributed by atoms with van der Waals surface area (Å²) in [6.07, 6.45) is 0. The average Bonchev–Trinajstić information content (AvgIpc) is 3.20. The van der Waals surface area contributed by atoms with Crippen LogP contribution in [0.1, 0.15) is 27.7 Å². The highest BCUT2D eigenvalue weighted by Gasteiger charge is 2.15. The molecule has 3 rings (SSSR count). The summed E-state index contributed by atoms with van der Waals surface area (Å²) in [5, 5.41) is 14.9. The first-order chi connectivity index (χ1) is 10.5. The van der Waals surface area contributed by atoms with E-state index in [1.165, 1.54) is 11.3 Å². The number of furan rings is 1. The molecular weight excluding hydrogens is 370 g/mol. The molecule has 0 bridgehead atoms. The first kappa shape index (κ1) is 14.9. The third-order valence-electron chi connectivity index (χ3n) is 3.06. The van der Waals surface area contributed by atoms with Gasteiger partial charge in [0.25, 0.3) is 5.91 Å². The minimum atomic E-state index is -0.349. The van der Waals surface area contributed by atoms with Crippen LogP contribution in [0.2, 0.25) is 0 Å². The van der Waals surface area contributed by atoms with Gasteiger partial charge in [0.2, 0.25) is 5.13 Å². The number of halogens is 1. The number of hydrogen-bond donors (Lipinski definition) is 1. The Morgan fingerprint density at radius 2 is 2.27 bits per heavy atom. The van der Waals surface area contributed by atoms with Gasteiger partial charge in [0.15, 0.2) is 5.76 Å².